The summed E-state index contributed by atoms with van der Waals surface area (Å²) in [6.07, 6.45) is 3.26. The molecule has 10 heteroatoms. The molecule has 1 aromatic carbocycles. The predicted molar refractivity (Wildman–Crippen MR) is 128 cm³/mol. The van der Waals surface area contributed by atoms with E-state index in [1.54, 1.807) is 55.1 Å². The number of nitrogens with one attached hydrogen (secondary N) is 2. The number of amides is 2. The summed E-state index contributed by atoms with van der Waals surface area (Å²) in [7, 11) is 0.702. The molecule has 1 saturated heterocycles. The largest absolute Gasteiger partial charge is 0.460 e. The highest BCUT2D eigenvalue weighted by Crippen LogP contribution is 2.34. The van der Waals surface area contributed by atoms with Gasteiger partial charge in [0, 0.05) is 53.1 Å². The van der Waals surface area contributed by atoms with Crippen LogP contribution in [0.3, 0.4) is 0 Å². The molecular weight excluding hydrogens is 456 g/mol. The van der Waals surface area contributed by atoms with E-state index in [9.17, 15) is 13.8 Å². The van der Waals surface area contributed by atoms with Crippen LogP contribution < -0.4 is 15.4 Å². The Labute approximate surface area is 197 Å². The van der Waals surface area contributed by atoms with Gasteiger partial charge in [0.2, 0.25) is 0 Å². The van der Waals surface area contributed by atoms with Gasteiger partial charge in [-0.2, -0.15) is 5.10 Å². The van der Waals surface area contributed by atoms with E-state index < -0.39 is 16.3 Å². The third kappa shape index (κ3) is 3.63. The minimum absolute atomic E-state index is 0.211. The molecule has 3 aromatic heterocycles. The average molecular weight is 481 g/mol. The third-order valence-electron chi connectivity index (χ3n) is 6.03. The number of nitrogens with zero attached hydrogens (tertiary/aromatic N) is 2. The van der Waals surface area contributed by atoms with Crippen molar-refractivity contribution in [3.8, 4) is 11.5 Å². The number of benzene rings is 1. The molecule has 0 aliphatic carbocycles. The Hall–Kier alpha value is -3.66. The standard InChI is InChI=1S/C24H24N4O5S/c1-13-17(22(29)27-24(3)11-34(31)12-24)10-28-21(13)18(7-8-26-28)33-15-5-6-16-19(9-15)32-14(2)20(16)23(30)25-4/h5-10H,11-12H2,1-4H3,(H,25,30)(H,27,29). The Kier molecular flexibility index (Phi) is 5.20. The van der Waals surface area contributed by atoms with Crippen LogP contribution in [0.2, 0.25) is 0 Å². The van der Waals surface area contributed by atoms with Crippen LogP contribution in [-0.4, -0.2) is 49.7 Å². The molecule has 0 bridgehead atoms. The number of aromatic nitrogens is 2. The van der Waals surface area contributed by atoms with E-state index in [4.69, 9.17) is 9.15 Å². The Morgan fingerprint density at radius 2 is 1.97 bits per heavy atom. The molecule has 2 N–H and O–H groups in total. The molecule has 0 spiro atoms. The van der Waals surface area contributed by atoms with Crippen molar-refractivity contribution in [3.05, 3.63) is 59.1 Å². The first kappa shape index (κ1) is 22.1. The van der Waals surface area contributed by atoms with Gasteiger partial charge in [-0.3, -0.25) is 13.8 Å². The first-order chi connectivity index (χ1) is 16.2. The first-order valence-electron chi connectivity index (χ1n) is 10.8. The van der Waals surface area contributed by atoms with Gasteiger partial charge in [0.1, 0.15) is 22.6 Å². The lowest BCUT2D eigenvalue weighted by Crippen LogP contribution is -2.61. The fourth-order valence-electron chi connectivity index (χ4n) is 4.41. The number of furan rings is 1. The minimum Gasteiger partial charge on any atom is -0.460 e. The maximum Gasteiger partial charge on any atom is 0.255 e. The fraction of sp³-hybridized carbons (Fsp3) is 0.292. The summed E-state index contributed by atoms with van der Waals surface area (Å²) in [5.41, 5.74) is 2.45. The second kappa shape index (κ2) is 7.98. The van der Waals surface area contributed by atoms with Crippen molar-refractivity contribution < 1.29 is 23.0 Å². The number of fused-ring (bicyclic) bond motifs is 2. The van der Waals surface area contributed by atoms with Gasteiger partial charge in [0.25, 0.3) is 11.8 Å². The molecule has 34 heavy (non-hydrogen) atoms. The highest BCUT2D eigenvalue weighted by Gasteiger charge is 2.40. The van der Waals surface area contributed by atoms with Crippen molar-refractivity contribution >= 4 is 39.1 Å². The molecule has 4 aromatic rings. The van der Waals surface area contributed by atoms with Crippen LogP contribution in [0.5, 0.6) is 11.5 Å². The van der Waals surface area contributed by atoms with Crippen LogP contribution >= 0.6 is 0 Å². The molecule has 2 amide bonds. The van der Waals surface area contributed by atoms with Crippen molar-refractivity contribution in [1.29, 1.82) is 0 Å². The lowest BCUT2D eigenvalue weighted by Gasteiger charge is -2.37. The molecule has 176 valence electrons. The molecule has 5 rings (SSSR count). The summed E-state index contributed by atoms with van der Waals surface area (Å²) in [6.45, 7) is 5.48. The number of hydrogen-bond acceptors (Lipinski definition) is 6. The van der Waals surface area contributed by atoms with Crippen LogP contribution in [0.15, 0.2) is 41.1 Å². The van der Waals surface area contributed by atoms with E-state index in [1.165, 1.54) is 0 Å². The number of rotatable bonds is 5. The number of hydrogen-bond donors (Lipinski definition) is 2. The second-order valence-corrected chi connectivity index (χ2v) is 10.2. The summed E-state index contributed by atoms with van der Waals surface area (Å²) in [6, 6.07) is 7.02. The molecule has 4 heterocycles. The lowest BCUT2D eigenvalue weighted by atomic mass is 10.1. The van der Waals surface area contributed by atoms with Crippen LogP contribution in [0.25, 0.3) is 16.5 Å². The molecule has 0 radical (unpaired) electrons. The normalized spacial score (nSPS) is 19.7. The van der Waals surface area contributed by atoms with E-state index in [2.05, 4.69) is 15.7 Å². The zero-order valence-corrected chi connectivity index (χ0v) is 20.0. The van der Waals surface area contributed by atoms with Crippen LogP contribution in [0.1, 0.15) is 39.0 Å². The zero-order chi connectivity index (χ0) is 24.2. The average Bonchev–Trinajstić information content (AvgIpc) is 3.28. The van der Waals surface area contributed by atoms with Crippen molar-refractivity contribution in [2.45, 2.75) is 26.3 Å². The lowest BCUT2D eigenvalue weighted by molar-refractivity contribution is 0.0915. The molecule has 0 saturated carbocycles. The van der Waals surface area contributed by atoms with E-state index in [-0.39, 0.29) is 11.8 Å². The fourth-order valence-corrected chi connectivity index (χ4v) is 5.89. The van der Waals surface area contributed by atoms with Gasteiger partial charge in [-0.25, -0.2) is 4.52 Å². The van der Waals surface area contributed by atoms with Crippen molar-refractivity contribution in [3.63, 3.8) is 0 Å². The van der Waals surface area contributed by atoms with Crippen LogP contribution in [0, 0.1) is 13.8 Å². The Morgan fingerprint density at radius 1 is 1.21 bits per heavy atom. The number of ether oxygens (including phenoxy) is 1. The molecule has 9 nitrogen and oxygen atoms in total. The van der Waals surface area contributed by atoms with Gasteiger partial charge in [-0.1, -0.05) is 0 Å². The van der Waals surface area contributed by atoms with Gasteiger partial charge in [0.05, 0.1) is 22.9 Å². The second-order valence-electron chi connectivity index (χ2n) is 8.77. The van der Waals surface area contributed by atoms with E-state index >= 15 is 0 Å². The van der Waals surface area contributed by atoms with Gasteiger partial charge >= 0.3 is 0 Å². The molecule has 0 atom stereocenters. The van der Waals surface area contributed by atoms with E-state index in [0.717, 1.165) is 5.56 Å². The zero-order valence-electron chi connectivity index (χ0n) is 19.2. The highest BCUT2D eigenvalue weighted by molar-refractivity contribution is 7.86. The van der Waals surface area contributed by atoms with Crippen LogP contribution in [0.4, 0.5) is 0 Å². The van der Waals surface area contributed by atoms with Gasteiger partial charge in [-0.05, 0) is 38.5 Å². The number of carbonyl (C=O) groups is 2. The molecule has 1 aliphatic heterocycles. The molecule has 1 fully saturated rings. The monoisotopic (exact) mass is 480 g/mol. The van der Waals surface area contributed by atoms with Crippen LogP contribution in [-0.2, 0) is 10.8 Å². The van der Waals surface area contributed by atoms with Crippen molar-refractivity contribution in [2.24, 2.45) is 0 Å². The maximum absolute atomic E-state index is 12.9. The topological polar surface area (TPSA) is 115 Å². The summed E-state index contributed by atoms with van der Waals surface area (Å²) in [4.78, 5) is 25.1. The first-order valence-corrected chi connectivity index (χ1v) is 12.3. The highest BCUT2D eigenvalue weighted by atomic mass is 32.2. The van der Waals surface area contributed by atoms with Gasteiger partial charge in [0.15, 0.2) is 5.75 Å². The summed E-state index contributed by atoms with van der Waals surface area (Å²) < 4.78 is 25.1. The van der Waals surface area contributed by atoms with Gasteiger partial charge < -0.3 is 19.8 Å². The van der Waals surface area contributed by atoms with Crippen molar-refractivity contribution in [1.82, 2.24) is 20.2 Å². The third-order valence-corrected chi connectivity index (χ3v) is 7.95. The van der Waals surface area contributed by atoms with Crippen molar-refractivity contribution in [2.75, 3.05) is 18.6 Å². The van der Waals surface area contributed by atoms with E-state index in [0.29, 0.717) is 56.4 Å². The SMILES string of the molecule is CNC(=O)c1c(C)oc2cc(Oc3ccnn4cc(C(=O)NC5(C)CS(=O)C5)c(C)c34)ccc12. The Bertz CT molecular complexity index is 1490. The Balaban J connectivity index is 1.47. The quantitative estimate of drug-likeness (QED) is 0.454. The molecule has 0 unspecified atom stereocenters. The maximum atomic E-state index is 12.9. The van der Waals surface area contributed by atoms with E-state index in [1.807, 2.05) is 13.8 Å². The molecular formula is C24H24N4O5S. The summed E-state index contributed by atoms with van der Waals surface area (Å²) in [5, 5.41) is 10.7. The Morgan fingerprint density at radius 3 is 2.68 bits per heavy atom. The number of carbonyl (C=O) groups excluding carboxylic acids is 2. The number of aryl methyl sites for hydroxylation is 2. The van der Waals surface area contributed by atoms with Gasteiger partial charge in [-0.15, -0.1) is 0 Å². The minimum atomic E-state index is -0.876. The summed E-state index contributed by atoms with van der Waals surface area (Å²) in [5.74, 6) is 2.03. The smallest absolute Gasteiger partial charge is 0.255 e. The molecule has 1 aliphatic rings. The predicted octanol–water partition coefficient (Wildman–Crippen LogP) is 3.10. The summed E-state index contributed by atoms with van der Waals surface area (Å²) >= 11 is 0.